The van der Waals surface area contributed by atoms with E-state index in [0.29, 0.717) is 30.4 Å². The topological polar surface area (TPSA) is 86.6 Å². The Morgan fingerprint density at radius 2 is 1.74 bits per heavy atom. The van der Waals surface area contributed by atoms with Crippen LogP contribution in [0.1, 0.15) is 56.7 Å². The second-order valence-electron chi connectivity index (χ2n) is 9.83. The second kappa shape index (κ2) is 14.3. The summed E-state index contributed by atoms with van der Waals surface area (Å²) >= 11 is 1.42. The van der Waals surface area contributed by atoms with E-state index in [1.807, 2.05) is 48.9 Å². The lowest BCUT2D eigenvalue weighted by Gasteiger charge is -2.15. The van der Waals surface area contributed by atoms with Crippen LogP contribution in [0.25, 0.3) is 28.0 Å². The number of aromatic nitrogens is 5. The highest BCUT2D eigenvalue weighted by Gasteiger charge is 2.26. The fourth-order valence-corrected chi connectivity index (χ4v) is 6.15. The number of hydrogen-bond donors (Lipinski definition) is 2. The van der Waals surface area contributed by atoms with Gasteiger partial charge in [-0.1, -0.05) is 48.1 Å². The van der Waals surface area contributed by atoms with Gasteiger partial charge in [-0.3, -0.25) is 8.96 Å². The van der Waals surface area contributed by atoms with Crippen LogP contribution in [0.4, 0.5) is 24.7 Å². The van der Waals surface area contributed by atoms with Crippen molar-refractivity contribution in [3.8, 4) is 16.9 Å². The third-order valence-electron chi connectivity index (χ3n) is 7.20. The van der Waals surface area contributed by atoms with Crippen molar-refractivity contribution in [2.24, 2.45) is 0 Å². The number of pyridine rings is 1. The Labute approximate surface area is 256 Å². The Morgan fingerprint density at radius 3 is 2.40 bits per heavy atom. The number of anilines is 2. The zero-order valence-electron chi connectivity index (χ0n) is 24.7. The highest BCUT2D eigenvalue weighted by Crippen LogP contribution is 2.39. The minimum atomic E-state index is -3.01. The van der Waals surface area contributed by atoms with Crippen molar-refractivity contribution >= 4 is 43.7 Å². The molecule has 43 heavy (non-hydrogen) atoms. The smallest absolute Gasteiger partial charge is 0.285 e. The molecule has 1 aliphatic rings. The number of benzene rings is 1. The molecule has 1 aromatic carbocycles. The van der Waals surface area contributed by atoms with Crippen LogP contribution in [0.3, 0.4) is 0 Å². The minimum absolute atomic E-state index is 0.131. The summed E-state index contributed by atoms with van der Waals surface area (Å²) in [5.74, 6) is 1.10. The summed E-state index contributed by atoms with van der Waals surface area (Å²) in [4.78, 5) is 13.1. The van der Waals surface area contributed by atoms with Gasteiger partial charge < -0.3 is 15.0 Å². The lowest BCUT2D eigenvalue weighted by atomic mass is 10.1. The van der Waals surface area contributed by atoms with Crippen LogP contribution >= 0.6 is 21.2 Å². The predicted molar refractivity (Wildman–Crippen MR) is 175 cm³/mol. The molecule has 1 unspecified atom stereocenters. The number of halogens is 3. The summed E-state index contributed by atoms with van der Waals surface area (Å²) in [6.45, 7) is 5.78. The van der Waals surface area contributed by atoms with Crippen LogP contribution in [0, 0.1) is 6.92 Å². The standard InChI is InChI=1S/C28H28F2N7PS.C2H6.CH3F/c1-17-13-19(28(29,30)38)14-32-26(17)36-12-4-7-23(36)39-35-20-10-8-18(9-11-20)22-15-37(21-5-2-3-6-21)27-24(22)25(31)33-16-34-27;2*1-2/h4,7-16,21,35H,2-3,5-6,38H2,1H3,(H2,31,33,34);1-2H3;1H3. The van der Waals surface area contributed by atoms with E-state index in [1.54, 1.807) is 16.2 Å². The normalized spacial score (nSPS) is 13.3. The highest BCUT2D eigenvalue weighted by molar-refractivity contribution is 8.00. The molecule has 1 saturated carbocycles. The summed E-state index contributed by atoms with van der Waals surface area (Å²) in [7, 11) is 2.06. The Kier molecular flexibility index (Phi) is 10.7. The first-order valence-corrected chi connectivity index (χ1v) is 15.5. The van der Waals surface area contributed by atoms with Crippen molar-refractivity contribution in [2.75, 3.05) is 17.6 Å². The van der Waals surface area contributed by atoms with Gasteiger partial charge in [0.2, 0.25) is 0 Å². The van der Waals surface area contributed by atoms with Gasteiger partial charge in [-0.15, -0.1) is 0 Å². The zero-order valence-corrected chi connectivity index (χ0v) is 26.7. The molecule has 4 aromatic heterocycles. The molecule has 1 atom stereocenters. The molecule has 3 N–H and O–H groups in total. The number of nitrogen functional groups attached to an aromatic ring is 1. The Bertz CT molecular complexity index is 1640. The number of rotatable bonds is 7. The second-order valence-corrected chi connectivity index (χ2v) is 11.4. The molecular formula is C31H37F3N7PS. The summed E-state index contributed by atoms with van der Waals surface area (Å²) < 4.78 is 44.4. The van der Waals surface area contributed by atoms with E-state index >= 15 is 0 Å². The maximum Gasteiger partial charge on any atom is 0.285 e. The van der Waals surface area contributed by atoms with Crippen LogP contribution in [0.2, 0.25) is 0 Å². The molecule has 0 bridgehead atoms. The number of nitrogens with zero attached hydrogens (tertiary/aromatic N) is 5. The SMILES string of the molecule is CC.CF.Cc1cc(C(F)(F)P)cnc1-n1cccc1SNc1ccc(-c2cn(C3CCCC3)c3ncnc(N)c23)cc1. The van der Waals surface area contributed by atoms with E-state index in [-0.39, 0.29) is 5.56 Å². The molecular weight excluding hydrogens is 590 g/mol. The quantitative estimate of drug-likeness (QED) is 0.138. The molecule has 1 fully saturated rings. The van der Waals surface area contributed by atoms with Crippen molar-refractivity contribution in [1.82, 2.24) is 24.1 Å². The molecule has 7 nitrogen and oxygen atoms in total. The molecule has 0 radical (unpaired) electrons. The van der Waals surface area contributed by atoms with Gasteiger partial charge in [0.25, 0.3) is 5.66 Å². The van der Waals surface area contributed by atoms with E-state index in [0.717, 1.165) is 45.7 Å². The monoisotopic (exact) mass is 627 g/mol. The van der Waals surface area contributed by atoms with Gasteiger partial charge in [0.1, 0.15) is 28.6 Å². The largest absolute Gasteiger partial charge is 0.383 e. The van der Waals surface area contributed by atoms with Crippen LogP contribution in [-0.2, 0) is 5.66 Å². The van der Waals surface area contributed by atoms with Crippen molar-refractivity contribution < 1.29 is 13.2 Å². The summed E-state index contributed by atoms with van der Waals surface area (Å²) in [6.07, 6.45) is 11.6. The molecule has 0 saturated heterocycles. The van der Waals surface area contributed by atoms with E-state index in [4.69, 9.17) is 5.73 Å². The number of nitrogens with two attached hydrogens (primary N) is 1. The minimum Gasteiger partial charge on any atom is -0.383 e. The molecule has 6 rings (SSSR count). The lowest BCUT2D eigenvalue weighted by Crippen LogP contribution is -2.07. The summed E-state index contributed by atoms with van der Waals surface area (Å²) in [6, 6.07) is 13.9. The van der Waals surface area contributed by atoms with E-state index in [2.05, 4.69) is 42.6 Å². The van der Waals surface area contributed by atoms with Gasteiger partial charge in [-0.25, -0.2) is 15.0 Å². The first kappa shape index (κ1) is 32.4. The first-order chi connectivity index (χ1) is 20.8. The fraction of sp³-hybridized carbons (Fsp3) is 0.323. The molecule has 4 heterocycles. The number of fused-ring (bicyclic) bond motifs is 1. The number of hydrogen-bond acceptors (Lipinski definition) is 6. The van der Waals surface area contributed by atoms with Crippen LogP contribution in [0.5, 0.6) is 0 Å². The Hall–Kier alpha value is -3.56. The number of aryl methyl sites for hydroxylation is 1. The number of alkyl halides is 3. The average Bonchev–Trinajstić information content (AvgIpc) is 3.79. The average molecular weight is 628 g/mol. The molecule has 0 spiro atoms. The third kappa shape index (κ3) is 6.99. The van der Waals surface area contributed by atoms with Crippen molar-refractivity contribution in [2.45, 2.75) is 63.2 Å². The Morgan fingerprint density at radius 1 is 1.05 bits per heavy atom. The van der Waals surface area contributed by atoms with Crippen molar-refractivity contribution in [3.63, 3.8) is 0 Å². The van der Waals surface area contributed by atoms with Gasteiger partial charge in [-0.05, 0) is 61.2 Å². The summed E-state index contributed by atoms with van der Waals surface area (Å²) in [5, 5.41) is 1.77. The Balaban J connectivity index is 0.00000102. The van der Waals surface area contributed by atoms with Gasteiger partial charge in [0.15, 0.2) is 0 Å². The summed E-state index contributed by atoms with van der Waals surface area (Å²) in [5.41, 5.74) is 7.72. The third-order valence-corrected chi connectivity index (χ3v) is 8.41. The van der Waals surface area contributed by atoms with Gasteiger partial charge in [0.05, 0.1) is 12.6 Å². The van der Waals surface area contributed by atoms with Gasteiger partial charge in [0, 0.05) is 53.4 Å². The van der Waals surface area contributed by atoms with Gasteiger partial charge >= 0.3 is 0 Å². The fourth-order valence-electron chi connectivity index (χ4n) is 5.24. The number of nitrogens with one attached hydrogen (secondary N) is 1. The van der Waals surface area contributed by atoms with Gasteiger partial charge in [-0.2, -0.15) is 8.78 Å². The lowest BCUT2D eigenvalue weighted by molar-refractivity contribution is 0.103. The van der Waals surface area contributed by atoms with Crippen LogP contribution < -0.4 is 10.5 Å². The molecule has 12 heteroatoms. The van der Waals surface area contributed by atoms with E-state index < -0.39 is 5.66 Å². The molecule has 5 aromatic rings. The predicted octanol–water partition coefficient (Wildman–Crippen LogP) is 8.95. The van der Waals surface area contributed by atoms with Crippen molar-refractivity contribution in [3.05, 3.63) is 78.5 Å². The molecule has 0 aliphatic heterocycles. The molecule has 228 valence electrons. The van der Waals surface area contributed by atoms with Crippen molar-refractivity contribution in [1.29, 1.82) is 0 Å². The maximum absolute atomic E-state index is 13.7. The molecule has 1 aliphatic carbocycles. The van der Waals surface area contributed by atoms with E-state index in [9.17, 15) is 13.2 Å². The highest BCUT2D eigenvalue weighted by atomic mass is 32.2. The molecule has 0 amide bonds. The van der Waals surface area contributed by atoms with Crippen LogP contribution in [-0.4, -0.2) is 31.3 Å². The van der Waals surface area contributed by atoms with Crippen LogP contribution in [0.15, 0.2) is 72.4 Å². The van der Waals surface area contributed by atoms with E-state index in [1.165, 1.54) is 43.4 Å². The first-order valence-electron chi connectivity index (χ1n) is 14.1. The zero-order chi connectivity index (χ0) is 31.1. The maximum atomic E-state index is 13.7.